The number of hydrogen-bond donors (Lipinski definition) is 2. The number of nitro groups is 1. The molecule has 0 saturated carbocycles. The molecule has 0 bridgehead atoms. The molecule has 1 amide bonds. The molecule has 0 aromatic carbocycles. The van der Waals surface area contributed by atoms with Crippen LogP contribution < -0.4 is 5.32 Å². The molecule has 1 rings (SSSR count). The van der Waals surface area contributed by atoms with Crippen LogP contribution in [0.2, 0.25) is 0 Å². The van der Waals surface area contributed by atoms with Gasteiger partial charge >= 0.3 is 5.82 Å². The first-order chi connectivity index (χ1) is 9.06. The summed E-state index contributed by atoms with van der Waals surface area (Å²) in [5.74, 6) is -0.527. The number of aryl methyl sites for hydroxylation is 1. The monoisotopic (exact) mass is 272 g/mol. The van der Waals surface area contributed by atoms with Gasteiger partial charge in [-0.15, -0.1) is 0 Å². The van der Waals surface area contributed by atoms with Crippen molar-refractivity contribution in [3.63, 3.8) is 0 Å². The molecule has 19 heavy (non-hydrogen) atoms. The highest BCUT2D eigenvalue weighted by Crippen LogP contribution is 2.06. The van der Waals surface area contributed by atoms with E-state index in [4.69, 9.17) is 9.84 Å². The van der Waals surface area contributed by atoms with Crippen molar-refractivity contribution in [2.45, 2.75) is 19.0 Å². The van der Waals surface area contributed by atoms with Crippen LogP contribution in [0, 0.1) is 10.1 Å². The van der Waals surface area contributed by atoms with Gasteiger partial charge in [0.05, 0.1) is 19.3 Å². The molecule has 0 saturated heterocycles. The molecule has 1 unspecified atom stereocenters. The summed E-state index contributed by atoms with van der Waals surface area (Å²) in [5.41, 5.74) is 0. The molecular weight excluding hydrogens is 256 g/mol. The molecule has 0 radical (unpaired) electrons. The Morgan fingerprint density at radius 3 is 3.00 bits per heavy atom. The lowest BCUT2D eigenvalue weighted by Crippen LogP contribution is -2.40. The number of aliphatic hydroxyl groups is 1. The lowest BCUT2D eigenvalue weighted by atomic mass is 10.3. The van der Waals surface area contributed by atoms with E-state index in [1.54, 1.807) is 0 Å². The van der Waals surface area contributed by atoms with Crippen LogP contribution in [0.5, 0.6) is 0 Å². The minimum atomic E-state index is -0.600. The zero-order valence-electron chi connectivity index (χ0n) is 10.5. The number of carbonyl (C=O) groups is 1. The Morgan fingerprint density at radius 1 is 1.74 bits per heavy atom. The normalized spacial score (nSPS) is 12.1. The molecule has 0 aliphatic carbocycles. The van der Waals surface area contributed by atoms with E-state index >= 15 is 0 Å². The van der Waals surface area contributed by atoms with Crippen molar-refractivity contribution in [2.75, 3.05) is 20.3 Å². The Balaban J connectivity index is 2.38. The summed E-state index contributed by atoms with van der Waals surface area (Å²) in [6.07, 6.45) is 2.68. The molecule has 9 nitrogen and oxygen atoms in total. The van der Waals surface area contributed by atoms with Gasteiger partial charge in [0, 0.05) is 20.1 Å². The highest BCUT2D eigenvalue weighted by Gasteiger charge is 2.13. The topological polar surface area (TPSA) is 120 Å². The highest BCUT2D eigenvalue weighted by atomic mass is 16.6. The van der Waals surface area contributed by atoms with E-state index in [2.05, 4.69) is 10.3 Å². The van der Waals surface area contributed by atoms with Crippen molar-refractivity contribution in [3.8, 4) is 0 Å². The molecule has 0 spiro atoms. The summed E-state index contributed by atoms with van der Waals surface area (Å²) in [4.78, 5) is 24.9. The van der Waals surface area contributed by atoms with Crippen LogP contribution >= 0.6 is 0 Å². The predicted octanol–water partition coefficient (Wildman–Crippen LogP) is -0.695. The van der Waals surface area contributed by atoms with Gasteiger partial charge in [-0.2, -0.15) is 0 Å². The van der Waals surface area contributed by atoms with E-state index in [0.29, 0.717) is 0 Å². The van der Waals surface area contributed by atoms with E-state index < -0.39 is 11.0 Å². The number of nitrogens with one attached hydrogen (secondary N) is 1. The van der Waals surface area contributed by atoms with Crippen molar-refractivity contribution in [3.05, 3.63) is 22.6 Å². The Hall–Kier alpha value is -2.00. The van der Waals surface area contributed by atoms with Gasteiger partial charge in [0.2, 0.25) is 12.2 Å². The van der Waals surface area contributed by atoms with Gasteiger partial charge in [0.1, 0.15) is 6.20 Å². The average molecular weight is 272 g/mol. The van der Waals surface area contributed by atoms with Crippen LogP contribution in [0.4, 0.5) is 5.82 Å². The Bertz CT molecular complexity index is 433. The quantitative estimate of drug-likeness (QED) is 0.477. The molecule has 1 atom stereocenters. The molecule has 0 fully saturated rings. The Morgan fingerprint density at radius 2 is 2.47 bits per heavy atom. The largest absolute Gasteiger partial charge is 0.394 e. The lowest BCUT2D eigenvalue weighted by Gasteiger charge is -2.14. The Labute approximate surface area is 109 Å². The number of aromatic nitrogens is 2. The maximum absolute atomic E-state index is 11.6. The average Bonchev–Trinajstić information content (AvgIpc) is 2.84. The molecule has 1 heterocycles. The fourth-order valence-corrected chi connectivity index (χ4v) is 1.44. The van der Waals surface area contributed by atoms with E-state index in [9.17, 15) is 14.9 Å². The highest BCUT2D eigenvalue weighted by molar-refractivity contribution is 5.76. The summed E-state index contributed by atoms with van der Waals surface area (Å²) in [7, 11) is 1.47. The maximum Gasteiger partial charge on any atom is 0.381 e. The maximum atomic E-state index is 11.6. The fourth-order valence-electron chi connectivity index (χ4n) is 1.44. The minimum Gasteiger partial charge on any atom is -0.394 e. The smallest absolute Gasteiger partial charge is 0.381 e. The zero-order valence-corrected chi connectivity index (χ0v) is 10.5. The van der Waals surface area contributed by atoms with Gasteiger partial charge in [-0.25, -0.2) is 0 Å². The Kier molecular flexibility index (Phi) is 5.90. The van der Waals surface area contributed by atoms with Crippen LogP contribution in [0.15, 0.2) is 12.5 Å². The van der Waals surface area contributed by atoms with Gasteiger partial charge in [-0.1, -0.05) is 0 Å². The van der Waals surface area contributed by atoms with Crippen LogP contribution in [-0.4, -0.2) is 51.9 Å². The number of carbonyl (C=O) groups excluding carboxylic acids is 1. The second-order valence-electron chi connectivity index (χ2n) is 3.88. The summed E-state index contributed by atoms with van der Waals surface area (Å²) < 4.78 is 6.28. The minimum absolute atomic E-state index is 0.133. The van der Waals surface area contributed by atoms with Crippen molar-refractivity contribution in [1.82, 2.24) is 14.9 Å². The number of rotatable bonds is 8. The molecule has 2 N–H and O–H groups in total. The third-order valence-corrected chi connectivity index (χ3v) is 2.36. The first-order valence-corrected chi connectivity index (χ1v) is 5.62. The van der Waals surface area contributed by atoms with E-state index in [1.807, 2.05) is 0 Å². The van der Waals surface area contributed by atoms with Gasteiger partial charge in [-0.3, -0.25) is 4.79 Å². The molecule has 0 aliphatic heterocycles. The molecule has 0 aliphatic rings. The van der Waals surface area contributed by atoms with Gasteiger partial charge in [-0.05, 0) is 9.91 Å². The van der Waals surface area contributed by atoms with Crippen LogP contribution in [0.25, 0.3) is 0 Å². The zero-order chi connectivity index (χ0) is 14.3. The summed E-state index contributed by atoms with van der Waals surface area (Å²) in [6, 6.07) is -0.449. The van der Waals surface area contributed by atoms with E-state index in [0.717, 1.165) is 0 Å². The molecule has 9 heteroatoms. The summed E-state index contributed by atoms with van der Waals surface area (Å²) >= 11 is 0. The number of methoxy groups -OCH3 is 1. The first-order valence-electron chi connectivity index (χ1n) is 5.62. The molecule has 106 valence electrons. The van der Waals surface area contributed by atoms with Gasteiger partial charge < -0.3 is 29.8 Å². The second-order valence-corrected chi connectivity index (χ2v) is 3.88. The third-order valence-electron chi connectivity index (χ3n) is 2.36. The van der Waals surface area contributed by atoms with E-state index in [1.165, 1.54) is 24.2 Å². The van der Waals surface area contributed by atoms with Gasteiger partial charge in [0.15, 0.2) is 0 Å². The van der Waals surface area contributed by atoms with Crippen molar-refractivity contribution >= 4 is 11.7 Å². The second kappa shape index (κ2) is 7.44. The van der Waals surface area contributed by atoms with Crippen LogP contribution in [0.3, 0.4) is 0 Å². The number of amides is 1. The molecular formula is C10H16N4O5. The van der Waals surface area contributed by atoms with Crippen molar-refractivity contribution in [2.24, 2.45) is 0 Å². The lowest BCUT2D eigenvalue weighted by molar-refractivity contribution is -0.389. The number of aliphatic hydroxyl groups excluding tert-OH is 1. The SMILES string of the molecule is COCC(CO)NC(=O)CCn1cnc([N+](=O)[O-])c1. The fraction of sp³-hybridized carbons (Fsp3) is 0.600. The van der Waals surface area contributed by atoms with Crippen LogP contribution in [0.1, 0.15) is 6.42 Å². The summed E-state index contributed by atoms with van der Waals surface area (Å²) in [6.45, 7) is 0.284. The molecule has 1 aromatic heterocycles. The van der Waals surface area contributed by atoms with Crippen LogP contribution in [-0.2, 0) is 16.1 Å². The number of nitrogens with zero attached hydrogens (tertiary/aromatic N) is 3. The number of hydrogen-bond acceptors (Lipinski definition) is 6. The standard InChI is InChI=1S/C10H16N4O5/c1-19-6-8(5-15)12-10(16)2-3-13-4-9(11-7-13)14(17)18/h4,7-8,15H,2-3,5-6H2,1H3,(H,12,16). The first kappa shape index (κ1) is 15.1. The predicted molar refractivity (Wildman–Crippen MR) is 64.4 cm³/mol. The van der Waals surface area contributed by atoms with E-state index in [-0.39, 0.29) is 37.9 Å². The molecule has 1 aromatic rings. The summed E-state index contributed by atoms with van der Waals surface area (Å²) in [5, 5.41) is 22.0. The van der Waals surface area contributed by atoms with Gasteiger partial charge in [0.25, 0.3) is 0 Å². The van der Waals surface area contributed by atoms with Crippen molar-refractivity contribution in [1.29, 1.82) is 0 Å². The number of imidazole rings is 1. The third kappa shape index (κ3) is 5.02. The van der Waals surface area contributed by atoms with Crippen molar-refractivity contribution < 1.29 is 19.6 Å². The number of ether oxygens (including phenoxy) is 1.